The summed E-state index contributed by atoms with van der Waals surface area (Å²) in [6.07, 6.45) is 3.88. The number of nitrogens with zero attached hydrogens (tertiary/aromatic N) is 1. The first-order valence-electron chi connectivity index (χ1n) is 6.96. The number of aromatic carboxylic acids is 1. The number of imidazole rings is 1. The Morgan fingerprint density at radius 1 is 1.40 bits per heavy atom. The molecule has 1 saturated carbocycles. The molecule has 2 rings (SSSR count). The molecule has 0 aromatic carbocycles. The molecule has 20 heavy (non-hydrogen) atoms. The molecule has 1 aliphatic carbocycles. The summed E-state index contributed by atoms with van der Waals surface area (Å²) >= 11 is 0. The molecule has 0 radical (unpaired) electrons. The van der Waals surface area contributed by atoms with Crippen LogP contribution >= 0.6 is 0 Å². The van der Waals surface area contributed by atoms with Gasteiger partial charge in [0.15, 0.2) is 0 Å². The van der Waals surface area contributed by atoms with Crippen LogP contribution in [0.1, 0.15) is 56.3 Å². The summed E-state index contributed by atoms with van der Waals surface area (Å²) in [4.78, 5) is 30.1. The number of carbonyl (C=O) groups is 2. The minimum absolute atomic E-state index is 0.00650. The maximum absolute atomic E-state index is 12.2. The first-order valence-corrected chi connectivity index (χ1v) is 6.96. The van der Waals surface area contributed by atoms with Gasteiger partial charge >= 0.3 is 5.97 Å². The molecular formula is C14H21N3O3. The fraction of sp³-hybridized carbons (Fsp3) is 0.643. The fourth-order valence-corrected chi connectivity index (χ4v) is 2.28. The average Bonchev–Trinajstić information content (AvgIpc) is 2.82. The van der Waals surface area contributed by atoms with E-state index < -0.39 is 11.5 Å². The maximum atomic E-state index is 12.2. The van der Waals surface area contributed by atoms with Crippen LogP contribution in [0.5, 0.6) is 0 Å². The zero-order chi connectivity index (χ0) is 14.9. The van der Waals surface area contributed by atoms with Crippen molar-refractivity contribution in [2.45, 2.75) is 45.6 Å². The standard InChI is InChI=1S/C14H21N3O3/c1-8(2)9(3)11(18)17-14(5-4-6-14)13-15-7-10(16-13)12(19)20/h7-9H,4-6H2,1-3H3,(H,15,16)(H,17,18)(H,19,20). The predicted octanol–water partition coefficient (Wildman–Crippen LogP) is 1.90. The Bertz CT molecular complexity index is 517. The van der Waals surface area contributed by atoms with E-state index in [1.54, 1.807) is 0 Å². The summed E-state index contributed by atoms with van der Waals surface area (Å²) in [5.41, 5.74) is -0.467. The summed E-state index contributed by atoms with van der Waals surface area (Å²) in [5, 5.41) is 12.0. The largest absolute Gasteiger partial charge is 0.477 e. The molecular weight excluding hydrogens is 258 g/mol. The van der Waals surface area contributed by atoms with E-state index in [9.17, 15) is 9.59 Å². The van der Waals surface area contributed by atoms with Gasteiger partial charge in [0.25, 0.3) is 0 Å². The quantitative estimate of drug-likeness (QED) is 0.767. The normalized spacial score (nSPS) is 18.4. The van der Waals surface area contributed by atoms with Crippen LogP contribution in [0.15, 0.2) is 6.20 Å². The number of aromatic nitrogens is 2. The van der Waals surface area contributed by atoms with Crippen LogP contribution < -0.4 is 5.32 Å². The van der Waals surface area contributed by atoms with Crippen molar-refractivity contribution in [1.82, 2.24) is 15.3 Å². The van der Waals surface area contributed by atoms with Crippen molar-refractivity contribution in [3.63, 3.8) is 0 Å². The van der Waals surface area contributed by atoms with Crippen LogP contribution in [-0.2, 0) is 10.3 Å². The van der Waals surface area contributed by atoms with Crippen molar-refractivity contribution in [2.75, 3.05) is 0 Å². The van der Waals surface area contributed by atoms with Crippen LogP contribution in [0, 0.1) is 11.8 Å². The summed E-state index contributed by atoms with van der Waals surface area (Å²) < 4.78 is 0. The number of hydrogen-bond donors (Lipinski definition) is 3. The number of carbonyl (C=O) groups excluding carboxylic acids is 1. The van der Waals surface area contributed by atoms with Gasteiger partial charge in [-0.15, -0.1) is 0 Å². The SMILES string of the molecule is CC(C)C(C)C(=O)NC1(c2ncc(C(=O)O)[nH]2)CCC1. The van der Waals surface area contributed by atoms with E-state index in [0.717, 1.165) is 19.3 Å². The Labute approximate surface area is 118 Å². The smallest absolute Gasteiger partial charge is 0.353 e. The number of nitrogens with one attached hydrogen (secondary N) is 2. The fourth-order valence-electron chi connectivity index (χ4n) is 2.28. The van der Waals surface area contributed by atoms with Crippen molar-refractivity contribution >= 4 is 11.9 Å². The van der Waals surface area contributed by atoms with Crippen molar-refractivity contribution in [2.24, 2.45) is 11.8 Å². The Hall–Kier alpha value is -1.85. The van der Waals surface area contributed by atoms with E-state index in [0.29, 0.717) is 5.82 Å². The molecule has 0 bridgehead atoms. The third-order valence-corrected chi connectivity index (χ3v) is 4.24. The first-order chi connectivity index (χ1) is 9.35. The number of carboxylic acid groups (broad SMARTS) is 1. The highest BCUT2D eigenvalue weighted by molar-refractivity contribution is 5.85. The van der Waals surface area contributed by atoms with E-state index in [1.165, 1.54) is 6.20 Å². The van der Waals surface area contributed by atoms with Gasteiger partial charge in [-0.1, -0.05) is 20.8 Å². The highest BCUT2D eigenvalue weighted by atomic mass is 16.4. The van der Waals surface area contributed by atoms with Crippen LogP contribution in [0.3, 0.4) is 0 Å². The zero-order valence-electron chi connectivity index (χ0n) is 12.1. The molecule has 6 heteroatoms. The van der Waals surface area contributed by atoms with Gasteiger partial charge in [-0.3, -0.25) is 4.79 Å². The van der Waals surface area contributed by atoms with Gasteiger partial charge < -0.3 is 15.4 Å². The lowest BCUT2D eigenvalue weighted by Gasteiger charge is -2.41. The van der Waals surface area contributed by atoms with E-state index in [2.05, 4.69) is 15.3 Å². The van der Waals surface area contributed by atoms with Crippen molar-refractivity contribution in [1.29, 1.82) is 0 Å². The third kappa shape index (κ3) is 2.55. The average molecular weight is 279 g/mol. The third-order valence-electron chi connectivity index (χ3n) is 4.24. The van der Waals surface area contributed by atoms with Crippen molar-refractivity contribution in [3.05, 3.63) is 17.7 Å². The molecule has 0 aliphatic heterocycles. The van der Waals surface area contributed by atoms with Crippen molar-refractivity contribution < 1.29 is 14.7 Å². The number of aromatic amines is 1. The van der Waals surface area contributed by atoms with E-state index >= 15 is 0 Å². The summed E-state index contributed by atoms with van der Waals surface area (Å²) in [6.45, 7) is 5.91. The number of H-pyrrole nitrogens is 1. The van der Waals surface area contributed by atoms with Crippen LogP contribution in [0.4, 0.5) is 0 Å². The molecule has 0 saturated heterocycles. The van der Waals surface area contributed by atoms with Gasteiger partial charge in [0.1, 0.15) is 11.5 Å². The van der Waals surface area contributed by atoms with Gasteiger partial charge in [0.2, 0.25) is 5.91 Å². The van der Waals surface area contributed by atoms with Gasteiger partial charge in [-0.05, 0) is 25.2 Å². The monoisotopic (exact) mass is 279 g/mol. The van der Waals surface area contributed by atoms with E-state index in [1.807, 2.05) is 20.8 Å². The molecule has 1 amide bonds. The number of carboxylic acids is 1. The summed E-state index contributed by atoms with van der Waals surface area (Å²) in [7, 11) is 0. The lowest BCUT2D eigenvalue weighted by atomic mass is 9.75. The number of hydrogen-bond acceptors (Lipinski definition) is 3. The molecule has 6 nitrogen and oxygen atoms in total. The highest BCUT2D eigenvalue weighted by Crippen LogP contribution is 2.40. The van der Waals surface area contributed by atoms with Gasteiger partial charge in [0.05, 0.1) is 11.7 Å². The van der Waals surface area contributed by atoms with Gasteiger partial charge in [0, 0.05) is 5.92 Å². The second kappa shape index (κ2) is 5.26. The van der Waals surface area contributed by atoms with Gasteiger partial charge in [-0.2, -0.15) is 0 Å². The second-order valence-electron chi connectivity index (χ2n) is 5.91. The zero-order valence-corrected chi connectivity index (χ0v) is 12.1. The lowest BCUT2D eigenvalue weighted by Crippen LogP contribution is -2.53. The van der Waals surface area contributed by atoms with Gasteiger partial charge in [-0.25, -0.2) is 9.78 Å². The molecule has 1 atom stereocenters. The first kappa shape index (κ1) is 14.6. The van der Waals surface area contributed by atoms with Crippen molar-refractivity contribution in [3.8, 4) is 0 Å². The highest BCUT2D eigenvalue weighted by Gasteiger charge is 2.43. The Kier molecular flexibility index (Phi) is 3.83. The molecule has 0 spiro atoms. The predicted molar refractivity (Wildman–Crippen MR) is 73.2 cm³/mol. The summed E-state index contributed by atoms with van der Waals surface area (Å²) in [5.74, 6) is -0.321. The Morgan fingerprint density at radius 2 is 2.05 bits per heavy atom. The number of rotatable bonds is 5. The molecule has 1 aromatic heterocycles. The molecule has 1 aliphatic rings. The van der Waals surface area contributed by atoms with Crippen LogP contribution in [0.2, 0.25) is 0 Å². The summed E-state index contributed by atoms with van der Waals surface area (Å²) in [6, 6.07) is 0. The minimum atomic E-state index is -1.04. The topological polar surface area (TPSA) is 95.1 Å². The van der Waals surface area contributed by atoms with E-state index in [-0.39, 0.29) is 23.4 Å². The van der Waals surface area contributed by atoms with Crippen LogP contribution in [0.25, 0.3) is 0 Å². The maximum Gasteiger partial charge on any atom is 0.353 e. The second-order valence-corrected chi connectivity index (χ2v) is 5.91. The molecule has 3 N–H and O–H groups in total. The van der Waals surface area contributed by atoms with E-state index in [4.69, 9.17) is 5.11 Å². The molecule has 1 aromatic rings. The lowest BCUT2D eigenvalue weighted by molar-refractivity contribution is -0.129. The Balaban J connectivity index is 2.17. The molecule has 1 heterocycles. The molecule has 1 fully saturated rings. The van der Waals surface area contributed by atoms with Crippen LogP contribution in [-0.4, -0.2) is 27.0 Å². The Morgan fingerprint density at radius 3 is 2.45 bits per heavy atom. The molecule has 110 valence electrons. The molecule has 1 unspecified atom stereocenters. The number of amides is 1. The minimum Gasteiger partial charge on any atom is -0.477 e.